The van der Waals surface area contributed by atoms with Gasteiger partial charge in [0.15, 0.2) is 17.6 Å². The molecule has 2 heterocycles. The van der Waals surface area contributed by atoms with Gasteiger partial charge >= 0.3 is 6.18 Å². The van der Waals surface area contributed by atoms with Crippen molar-refractivity contribution in [2.45, 2.75) is 25.2 Å². The van der Waals surface area contributed by atoms with Gasteiger partial charge in [-0.05, 0) is 19.0 Å². The highest BCUT2D eigenvalue weighted by atomic mass is 19.4. The molecule has 22 heavy (non-hydrogen) atoms. The molecule has 122 valence electrons. The van der Waals surface area contributed by atoms with E-state index in [-0.39, 0.29) is 23.9 Å². The Balaban J connectivity index is 2.26. The van der Waals surface area contributed by atoms with Gasteiger partial charge in [0.1, 0.15) is 0 Å². The molecule has 0 amide bonds. The fraction of sp³-hybridized carbons (Fsp3) is 0.571. The lowest BCUT2D eigenvalue weighted by molar-refractivity contribution is -0.207. The molecule has 5 nitrogen and oxygen atoms in total. The number of fused-ring (bicyclic) bond motifs is 2. The van der Waals surface area contributed by atoms with Gasteiger partial charge in [0, 0.05) is 24.2 Å². The maximum atomic E-state index is 13.0. The van der Waals surface area contributed by atoms with Gasteiger partial charge in [0.25, 0.3) is 0 Å². The zero-order valence-electron chi connectivity index (χ0n) is 12.2. The fourth-order valence-electron chi connectivity index (χ4n) is 2.99. The van der Waals surface area contributed by atoms with Crippen LogP contribution in [0.4, 0.5) is 13.2 Å². The number of likely N-dealkylation sites (N-methyl/N-ethyl adjacent to an activating group) is 1. The molecule has 0 aliphatic carbocycles. The first-order valence-corrected chi connectivity index (χ1v) is 6.79. The first kappa shape index (κ1) is 15.2. The van der Waals surface area contributed by atoms with Crippen molar-refractivity contribution >= 4 is 0 Å². The van der Waals surface area contributed by atoms with Crippen molar-refractivity contribution in [1.82, 2.24) is 4.90 Å². The van der Waals surface area contributed by atoms with Gasteiger partial charge in [-0.3, -0.25) is 0 Å². The lowest BCUT2D eigenvalue weighted by Gasteiger charge is -2.30. The molecule has 1 aromatic carbocycles. The molecule has 0 bridgehead atoms. The van der Waals surface area contributed by atoms with E-state index in [0.29, 0.717) is 36.4 Å². The van der Waals surface area contributed by atoms with Crippen LogP contribution in [0.3, 0.4) is 0 Å². The highest BCUT2D eigenvalue weighted by Crippen LogP contribution is 2.53. The summed E-state index contributed by atoms with van der Waals surface area (Å²) in [4.78, 5) is 1.97. The van der Waals surface area contributed by atoms with Crippen LogP contribution in [0.25, 0.3) is 0 Å². The van der Waals surface area contributed by atoms with E-state index in [1.165, 1.54) is 7.11 Å². The van der Waals surface area contributed by atoms with Crippen LogP contribution in [0.2, 0.25) is 0 Å². The number of hydrogen-bond acceptors (Lipinski definition) is 5. The van der Waals surface area contributed by atoms with Crippen molar-refractivity contribution in [2.75, 3.05) is 27.5 Å². The van der Waals surface area contributed by atoms with E-state index >= 15 is 0 Å². The monoisotopic (exact) mass is 319 g/mol. The summed E-state index contributed by atoms with van der Waals surface area (Å²) < 4.78 is 54.9. The Morgan fingerprint density at radius 2 is 1.91 bits per heavy atom. The van der Waals surface area contributed by atoms with Crippen molar-refractivity contribution in [3.05, 3.63) is 16.7 Å². The van der Waals surface area contributed by atoms with Gasteiger partial charge in [-0.1, -0.05) is 0 Å². The minimum atomic E-state index is -4.77. The third-order valence-electron chi connectivity index (χ3n) is 3.99. The molecule has 2 aliphatic rings. The van der Waals surface area contributed by atoms with Crippen LogP contribution >= 0.6 is 0 Å². The lowest BCUT2D eigenvalue weighted by atomic mass is 9.89. The van der Waals surface area contributed by atoms with E-state index in [9.17, 15) is 18.3 Å². The maximum Gasteiger partial charge on any atom is 0.418 e. The van der Waals surface area contributed by atoms with Crippen molar-refractivity contribution in [1.29, 1.82) is 0 Å². The molecule has 0 radical (unpaired) electrons. The average molecular weight is 319 g/mol. The van der Waals surface area contributed by atoms with Gasteiger partial charge < -0.3 is 24.2 Å². The van der Waals surface area contributed by atoms with Crippen LogP contribution in [-0.4, -0.2) is 43.7 Å². The van der Waals surface area contributed by atoms with Gasteiger partial charge in [-0.2, -0.15) is 13.2 Å². The third-order valence-corrected chi connectivity index (χ3v) is 3.99. The molecular formula is C14H16F3NO4. The normalized spacial score (nSPS) is 19.0. The number of hydrogen-bond donors (Lipinski definition) is 1. The van der Waals surface area contributed by atoms with Crippen molar-refractivity contribution < 1.29 is 32.5 Å². The average Bonchev–Trinajstić information content (AvgIpc) is 2.91. The standard InChI is InChI=1S/C14H16F3NO4/c1-18-4-3-7-8(5-18)10(20-2)12-11(21-6-22-12)9(7)13(19)14(15,16)17/h13,19H,3-6H2,1-2H3. The molecule has 3 rings (SSSR count). The van der Waals surface area contributed by atoms with E-state index in [0.717, 1.165) is 0 Å². The summed E-state index contributed by atoms with van der Waals surface area (Å²) in [5.74, 6) is 0.451. The topological polar surface area (TPSA) is 51.2 Å². The highest BCUT2D eigenvalue weighted by molar-refractivity contribution is 5.66. The quantitative estimate of drug-likeness (QED) is 0.904. The van der Waals surface area contributed by atoms with Crippen molar-refractivity contribution in [3.63, 3.8) is 0 Å². The number of benzene rings is 1. The molecule has 0 spiro atoms. The Hall–Kier alpha value is -1.67. The molecule has 0 saturated carbocycles. The van der Waals surface area contributed by atoms with Crippen molar-refractivity contribution in [2.24, 2.45) is 0 Å². The second-order valence-corrected chi connectivity index (χ2v) is 5.40. The minimum Gasteiger partial charge on any atom is -0.492 e. The number of aliphatic hydroxyl groups excluding tert-OH is 1. The van der Waals surface area contributed by atoms with E-state index in [1.807, 2.05) is 11.9 Å². The van der Waals surface area contributed by atoms with Crippen LogP contribution < -0.4 is 14.2 Å². The van der Waals surface area contributed by atoms with Crippen LogP contribution in [-0.2, 0) is 13.0 Å². The first-order chi connectivity index (χ1) is 10.3. The van der Waals surface area contributed by atoms with Crippen LogP contribution in [0, 0.1) is 0 Å². The Kier molecular flexibility index (Phi) is 3.60. The number of ether oxygens (including phenoxy) is 3. The lowest BCUT2D eigenvalue weighted by Crippen LogP contribution is -2.30. The van der Waals surface area contributed by atoms with E-state index in [2.05, 4.69) is 0 Å². The van der Waals surface area contributed by atoms with Crippen LogP contribution in [0.15, 0.2) is 0 Å². The Bertz CT molecular complexity index is 603. The largest absolute Gasteiger partial charge is 0.492 e. The smallest absolute Gasteiger partial charge is 0.418 e. The van der Waals surface area contributed by atoms with Crippen molar-refractivity contribution in [3.8, 4) is 17.2 Å². The summed E-state index contributed by atoms with van der Waals surface area (Å²) in [6.45, 7) is 0.822. The zero-order chi connectivity index (χ0) is 16.1. The molecule has 1 aromatic rings. The molecular weight excluding hydrogens is 303 g/mol. The molecule has 8 heteroatoms. The predicted octanol–water partition coefficient (Wildman–Crippen LogP) is 2.01. The van der Waals surface area contributed by atoms with Crippen LogP contribution in [0.5, 0.6) is 17.2 Å². The Labute approximate surface area is 125 Å². The highest BCUT2D eigenvalue weighted by Gasteiger charge is 2.46. The summed E-state index contributed by atoms with van der Waals surface area (Å²) >= 11 is 0. The van der Waals surface area contributed by atoms with Crippen LogP contribution in [0.1, 0.15) is 22.8 Å². The van der Waals surface area contributed by atoms with E-state index in [1.54, 1.807) is 0 Å². The Morgan fingerprint density at radius 1 is 1.23 bits per heavy atom. The molecule has 0 saturated heterocycles. The third kappa shape index (κ3) is 2.26. The number of methoxy groups -OCH3 is 1. The number of nitrogens with zero attached hydrogens (tertiary/aromatic N) is 1. The fourth-order valence-corrected chi connectivity index (χ4v) is 2.99. The second-order valence-electron chi connectivity index (χ2n) is 5.40. The summed E-state index contributed by atoms with van der Waals surface area (Å²) in [6, 6.07) is 0. The summed E-state index contributed by atoms with van der Waals surface area (Å²) in [7, 11) is 3.30. The molecule has 1 unspecified atom stereocenters. The molecule has 0 aromatic heterocycles. The van der Waals surface area contributed by atoms with Gasteiger partial charge in [0.05, 0.1) is 7.11 Å². The minimum absolute atomic E-state index is 0.0648. The molecule has 1 atom stereocenters. The Morgan fingerprint density at radius 3 is 2.55 bits per heavy atom. The van der Waals surface area contributed by atoms with Gasteiger partial charge in [-0.15, -0.1) is 0 Å². The molecule has 2 aliphatic heterocycles. The van der Waals surface area contributed by atoms with E-state index < -0.39 is 12.3 Å². The summed E-state index contributed by atoms with van der Waals surface area (Å²) in [6.07, 6.45) is -7.00. The second kappa shape index (κ2) is 5.20. The number of aliphatic hydroxyl groups is 1. The maximum absolute atomic E-state index is 13.0. The van der Waals surface area contributed by atoms with E-state index in [4.69, 9.17) is 14.2 Å². The number of halogens is 3. The van der Waals surface area contributed by atoms with Gasteiger partial charge in [0.2, 0.25) is 12.5 Å². The summed E-state index contributed by atoms with van der Waals surface area (Å²) in [5, 5.41) is 9.79. The number of rotatable bonds is 2. The molecule has 1 N–H and O–H groups in total. The SMILES string of the molecule is COc1c2c(c(C(O)C(F)(F)F)c3c1OCO3)CCN(C)C2. The van der Waals surface area contributed by atoms with Gasteiger partial charge in [-0.25, -0.2) is 0 Å². The first-order valence-electron chi connectivity index (χ1n) is 6.79. The molecule has 0 fully saturated rings. The summed E-state index contributed by atoms with van der Waals surface area (Å²) in [5.41, 5.74) is 0.798. The number of alkyl halides is 3. The predicted molar refractivity (Wildman–Crippen MR) is 70.2 cm³/mol. The zero-order valence-corrected chi connectivity index (χ0v) is 12.2.